The molecule has 0 radical (unpaired) electrons. The summed E-state index contributed by atoms with van der Waals surface area (Å²) in [5.41, 5.74) is 0.995. The van der Waals surface area contributed by atoms with Gasteiger partial charge in [-0.05, 0) is 31.2 Å². The average molecular weight is 228 g/mol. The maximum absolute atomic E-state index is 5.82. The Bertz CT molecular complexity index is 506. The van der Waals surface area contributed by atoms with Crippen LogP contribution in [0.25, 0.3) is 10.9 Å². The van der Waals surface area contributed by atoms with Crippen molar-refractivity contribution in [3.05, 3.63) is 36.5 Å². The fourth-order valence-corrected chi connectivity index (χ4v) is 2.21. The molecule has 17 heavy (non-hydrogen) atoms. The van der Waals surface area contributed by atoms with Crippen LogP contribution in [0, 0.1) is 5.92 Å². The Labute approximate surface area is 101 Å². The van der Waals surface area contributed by atoms with Crippen LogP contribution in [0.15, 0.2) is 36.5 Å². The molecule has 0 aliphatic carbocycles. The molecule has 0 saturated carbocycles. The van der Waals surface area contributed by atoms with Crippen LogP contribution >= 0.6 is 0 Å². The first-order valence-electron chi connectivity index (χ1n) is 6.10. The number of rotatable bonds is 3. The molecule has 1 aliphatic heterocycles. The van der Waals surface area contributed by atoms with E-state index in [0.29, 0.717) is 5.92 Å². The van der Waals surface area contributed by atoms with Crippen LogP contribution < -0.4 is 10.1 Å². The van der Waals surface area contributed by atoms with Crippen molar-refractivity contribution in [3.8, 4) is 5.75 Å². The normalized spacial score (nSPS) is 19.6. The Morgan fingerprint density at radius 1 is 1.35 bits per heavy atom. The third kappa shape index (κ3) is 2.39. The molecular formula is C14H16N2O. The number of fused-ring (bicyclic) bond motifs is 1. The molecule has 1 aromatic heterocycles. The molecule has 1 N–H and O–H groups in total. The molecular weight excluding hydrogens is 212 g/mol. The maximum atomic E-state index is 5.82. The van der Waals surface area contributed by atoms with Gasteiger partial charge in [-0.1, -0.05) is 6.07 Å². The molecule has 0 bridgehead atoms. The molecule has 1 saturated heterocycles. The molecule has 88 valence electrons. The SMILES string of the molecule is c1cnc2cc(OCC3CCNC3)ccc2c1. The first-order valence-corrected chi connectivity index (χ1v) is 6.10. The van der Waals surface area contributed by atoms with Crippen molar-refractivity contribution in [2.75, 3.05) is 19.7 Å². The zero-order valence-electron chi connectivity index (χ0n) is 9.73. The van der Waals surface area contributed by atoms with E-state index in [0.717, 1.165) is 36.3 Å². The van der Waals surface area contributed by atoms with Gasteiger partial charge in [-0.3, -0.25) is 4.98 Å². The van der Waals surface area contributed by atoms with Gasteiger partial charge in [0.2, 0.25) is 0 Å². The summed E-state index contributed by atoms with van der Waals surface area (Å²) in [6.45, 7) is 2.99. The second-order valence-electron chi connectivity index (χ2n) is 4.53. The highest BCUT2D eigenvalue weighted by Crippen LogP contribution is 2.20. The Hall–Kier alpha value is -1.61. The lowest BCUT2D eigenvalue weighted by Crippen LogP contribution is -2.15. The summed E-state index contributed by atoms with van der Waals surface area (Å²) >= 11 is 0. The molecule has 2 aromatic rings. The molecule has 0 amide bonds. The molecule has 3 heteroatoms. The lowest BCUT2D eigenvalue weighted by molar-refractivity contribution is 0.260. The molecule has 1 atom stereocenters. The zero-order valence-corrected chi connectivity index (χ0v) is 9.73. The molecule has 1 aromatic carbocycles. The van der Waals surface area contributed by atoms with Crippen molar-refractivity contribution in [3.63, 3.8) is 0 Å². The Kier molecular flexibility index (Phi) is 2.92. The molecule has 0 spiro atoms. The average Bonchev–Trinajstić information content (AvgIpc) is 2.89. The number of benzene rings is 1. The number of aromatic nitrogens is 1. The highest BCUT2D eigenvalue weighted by molar-refractivity contribution is 5.79. The summed E-state index contributed by atoms with van der Waals surface area (Å²) in [5, 5.41) is 4.50. The minimum Gasteiger partial charge on any atom is -0.493 e. The first kappa shape index (κ1) is 10.5. The van der Waals surface area contributed by atoms with Gasteiger partial charge in [0, 0.05) is 30.1 Å². The van der Waals surface area contributed by atoms with E-state index in [1.165, 1.54) is 6.42 Å². The van der Waals surface area contributed by atoms with Crippen molar-refractivity contribution >= 4 is 10.9 Å². The van der Waals surface area contributed by atoms with Crippen LogP contribution in [0.3, 0.4) is 0 Å². The van der Waals surface area contributed by atoms with E-state index in [1.807, 2.05) is 24.4 Å². The highest BCUT2D eigenvalue weighted by atomic mass is 16.5. The smallest absolute Gasteiger partial charge is 0.121 e. The van der Waals surface area contributed by atoms with Gasteiger partial charge in [0.25, 0.3) is 0 Å². The van der Waals surface area contributed by atoms with Gasteiger partial charge in [-0.25, -0.2) is 0 Å². The fraction of sp³-hybridized carbons (Fsp3) is 0.357. The van der Waals surface area contributed by atoms with Gasteiger partial charge in [0.05, 0.1) is 12.1 Å². The van der Waals surface area contributed by atoms with Crippen molar-refractivity contribution in [1.82, 2.24) is 10.3 Å². The van der Waals surface area contributed by atoms with Crippen molar-refractivity contribution in [2.24, 2.45) is 5.92 Å². The van der Waals surface area contributed by atoms with Crippen LogP contribution in [0.5, 0.6) is 5.75 Å². The Morgan fingerprint density at radius 3 is 3.24 bits per heavy atom. The van der Waals surface area contributed by atoms with Crippen LogP contribution in [0.2, 0.25) is 0 Å². The molecule has 3 rings (SSSR count). The molecule has 3 nitrogen and oxygen atoms in total. The third-order valence-electron chi connectivity index (χ3n) is 3.23. The number of pyridine rings is 1. The molecule has 1 unspecified atom stereocenters. The lowest BCUT2D eigenvalue weighted by atomic mass is 10.1. The van der Waals surface area contributed by atoms with Gasteiger partial charge >= 0.3 is 0 Å². The van der Waals surface area contributed by atoms with Crippen molar-refractivity contribution in [1.29, 1.82) is 0 Å². The predicted octanol–water partition coefficient (Wildman–Crippen LogP) is 2.22. The lowest BCUT2D eigenvalue weighted by Gasteiger charge is -2.11. The highest BCUT2D eigenvalue weighted by Gasteiger charge is 2.14. The predicted molar refractivity (Wildman–Crippen MR) is 68.2 cm³/mol. The fourth-order valence-electron chi connectivity index (χ4n) is 2.21. The van der Waals surface area contributed by atoms with E-state index in [9.17, 15) is 0 Å². The van der Waals surface area contributed by atoms with Crippen molar-refractivity contribution < 1.29 is 4.74 Å². The summed E-state index contributed by atoms with van der Waals surface area (Å²) in [7, 11) is 0. The largest absolute Gasteiger partial charge is 0.493 e. The summed E-state index contributed by atoms with van der Waals surface area (Å²) in [5.74, 6) is 1.57. The van der Waals surface area contributed by atoms with Gasteiger partial charge in [0.15, 0.2) is 0 Å². The van der Waals surface area contributed by atoms with Gasteiger partial charge in [0.1, 0.15) is 5.75 Å². The molecule has 1 fully saturated rings. The van der Waals surface area contributed by atoms with E-state index >= 15 is 0 Å². The second kappa shape index (κ2) is 4.72. The number of nitrogens with one attached hydrogen (secondary N) is 1. The standard InChI is InChI=1S/C14H16N2O/c1-2-12-3-4-13(8-14(12)16-6-1)17-10-11-5-7-15-9-11/h1-4,6,8,11,15H,5,7,9-10H2. The van der Waals surface area contributed by atoms with E-state index in [1.54, 1.807) is 0 Å². The van der Waals surface area contributed by atoms with Crippen LogP contribution in [-0.4, -0.2) is 24.7 Å². The topological polar surface area (TPSA) is 34.1 Å². The van der Waals surface area contributed by atoms with Crippen LogP contribution in [0.1, 0.15) is 6.42 Å². The third-order valence-corrected chi connectivity index (χ3v) is 3.23. The number of ether oxygens (including phenoxy) is 1. The van der Waals surface area contributed by atoms with E-state index in [4.69, 9.17) is 4.74 Å². The molecule has 1 aliphatic rings. The maximum Gasteiger partial charge on any atom is 0.121 e. The first-order chi connectivity index (χ1) is 8.42. The van der Waals surface area contributed by atoms with Crippen LogP contribution in [0.4, 0.5) is 0 Å². The Morgan fingerprint density at radius 2 is 2.35 bits per heavy atom. The summed E-state index contributed by atoms with van der Waals surface area (Å²) in [4.78, 5) is 4.33. The van der Waals surface area contributed by atoms with Gasteiger partial charge < -0.3 is 10.1 Å². The van der Waals surface area contributed by atoms with E-state index in [2.05, 4.69) is 22.4 Å². The van der Waals surface area contributed by atoms with Crippen molar-refractivity contribution in [2.45, 2.75) is 6.42 Å². The molecule has 2 heterocycles. The van der Waals surface area contributed by atoms with E-state index < -0.39 is 0 Å². The summed E-state index contributed by atoms with van der Waals surface area (Å²) in [6, 6.07) is 10.1. The second-order valence-corrected chi connectivity index (χ2v) is 4.53. The summed E-state index contributed by atoms with van der Waals surface area (Å²) in [6.07, 6.45) is 3.03. The zero-order chi connectivity index (χ0) is 11.5. The van der Waals surface area contributed by atoms with E-state index in [-0.39, 0.29) is 0 Å². The Balaban J connectivity index is 1.72. The van der Waals surface area contributed by atoms with Gasteiger partial charge in [-0.15, -0.1) is 0 Å². The van der Waals surface area contributed by atoms with Crippen LogP contribution in [-0.2, 0) is 0 Å². The monoisotopic (exact) mass is 228 g/mol. The van der Waals surface area contributed by atoms with Gasteiger partial charge in [-0.2, -0.15) is 0 Å². The minimum absolute atomic E-state index is 0.648. The quantitative estimate of drug-likeness (QED) is 0.874. The summed E-state index contributed by atoms with van der Waals surface area (Å²) < 4.78 is 5.82. The number of hydrogen-bond acceptors (Lipinski definition) is 3. The number of hydrogen-bond donors (Lipinski definition) is 1. The number of nitrogens with zero attached hydrogens (tertiary/aromatic N) is 1. The minimum atomic E-state index is 0.648.